The third-order valence-corrected chi connectivity index (χ3v) is 5.83. The van der Waals surface area contributed by atoms with Gasteiger partial charge in [0.05, 0.1) is 10.5 Å². The molecule has 1 aliphatic rings. The minimum Gasteiger partial charge on any atom is -0.388 e. The second kappa shape index (κ2) is 6.24. The molecule has 2 aromatic rings. The van der Waals surface area contributed by atoms with E-state index in [4.69, 9.17) is 11.6 Å². The third-order valence-electron chi connectivity index (χ3n) is 4.20. The number of fused-ring (bicyclic) bond motifs is 1. The summed E-state index contributed by atoms with van der Waals surface area (Å²) in [6.45, 7) is -0.0177. The first-order valence-corrected chi connectivity index (χ1v) is 9.29. The smallest absolute Gasteiger partial charge is 0.240 e. The summed E-state index contributed by atoms with van der Waals surface area (Å²) in [7, 11) is -3.69. The highest BCUT2D eigenvalue weighted by Gasteiger charge is 2.33. The van der Waals surface area contributed by atoms with Gasteiger partial charge in [-0.1, -0.05) is 41.9 Å². The summed E-state index contributed by atoms with van der Waals surface area (Å²) in [6, 6.07) is 14.0. The first-order chi connectivity index (χ1) is 10.9. The molecule has 0 amide bonds. The van der Waals surface area contributed by atoms with Crippen molar-refractivity contribution >= 4 is 21.6 Å². The van der Waals surface area contributed by atoms with Crippen LogP contribution in [0.1, 0.15) is 17.5 Å². The molecule has 3 rings (SSSR count). The summed E-state index contributed by atoms with van der Waals surface area (Å²) in [5.41, 5.74) is 1.22. The van der Waals surface area contributed by atoms with Gasteiger partial charge in [-0.15, -0.1) is 0 Å². The molecule has 0 aromatic heterocycles. The van der Waals surface area contributed by atoms with Gasteiger partial charge in [0, 0.05) is 18.0 Å². The summed E-state index contributed by atoms with van der Waals surface area (Å²) in [5.74, 6) is 0. The van der Waals surface area contributed by atoms with Gasteiger partial charge in [0.1, 0.15) is 0 Å². The number of hydrogen-bond acceptors (Lipinski definition) is 3. The fraction of sp³-hybridized carbons (Fsp3) is 0.294. The Kier molecular flexibility index (Phi) is 4.47. The molecule has 4 nitrogen and oxygen atoms in total. The average Bonchev–Trinajstić information content (AvgIpc) is 2.53. The van der Waals surface area contributed by atoms with Crippen LogP contribution in [0.25, 0.3) is 0 Å². The number of halogens is 1. The molecule has 2 aromatic carbocycles. The Balaban J connectivity index is 1.73. The van der Waals surface area contributed by atoms with E-state index in [0.717, 1.165) is 12.0 Å². The first kappa shape index (κ1) is 16.5. The van der Waals surface area contributed by atoms with E-state index >= 15 is 0 Å². The second-order valence-corrected chi connectivity index (χ2v) is 8.16. The molecule has 1 atom stereocenters. The predicted octanol–water partition coefficient (Wildman–Crippen LogP) is 2.54. The Morgan fingerprint density at radius 3 is 2.61 bits per heavy atom. The molecule has 0 spiro atoms. The Labute approximate surface area is 141 Å². The summed E-state index contributed by atoms with van der Waals surface area (Å²) < 4.78 is 27.2. The molecular formula is C17H18ClNO3S. The summed E-state index contributed by atoms with van der Waals surface area (Å²) in [4.78, 5) is 0.102. The zero-order chi connectivity index (χ0) is 16.5. The number of hydrogen-bond donors (Lipinski definition) is 2. The van der Waals surface area contributed by atoms with Crippen LogP contribution in [-0.2, 0) is 22.9 Å². The molecule has 0 heterocycles. The molecule has 2 N–H and O–H groups in total. The van der Waals surface area contributed by atoms with Gasteiger partial charge in [0.2, 0.25) is 10.0 Å². The lowest BCUT2D eigenvalue weighted by molar-refractivity contribution is 0.0317. The van der Waals surface area contributed by atoms with Gasteiger partial charge in [0.15, 0.2) is 0 Å². The van der Waals surface area contributed by atoms with Crippen LogP contribution in [0.2, 0.25) is 5.02 Å². The largest absolute Gasteiger partial charge is 0.388 e. The fourth-order valence-corrected chi connectivity index (χ4v) is 4.30. The third kappa shape index (κ3) is 3.75. The summed E-state index contributed by atoms with van der Waals surface area (Å²) in [5, 5.41) is 11.1. The van der Waals surface area contributed by atoms with Crippen LogP contribution in [0, 0.1) is 0 Å². The second-order valence-electron chi connectivity index (χ2n) is 5.95. The van der Waals surface area contributed by atoms with Crippen LogP contribution in [0.5, 0.6) is 0 Å². The Hall–Kier alpha value is -1.40. The zero-order valence-electron chi connectivity index (χ0n) is 12.5. The molecule has 0 radical (unpaired) electrons. The highest BCUT2D eigenvalue weighted by molar-refractivity contribution is 7.89. The summed E-state index contributed by atoms with van der Waals surface area (Å²) >= 11 is 5.84. The van der Waals surface area contributed by atoms with E-state index in [1.165, 1.54) is 17.7 Å². The van der Waals surface area contributed by atoms with Gasteiger partial charge in [-0.05, 0) is 42.2 Å². The molecule has 0 fully saturated rings. The topological polar surface area (TPSA) is 66.4 Å². The van der Waals surface area contributed by atoms with Crippen molar-refractivity contribution < 1.29 is 13.5 Å². The number of sulfonamides is 1. The van der Waals surface area contributed by atoms with E-state index in [9.17, 15) is 13.5 Å². The van der Waals surface area contributed by atoms with Crippen LogP contribution in [-0.4, -0.2) is 25.7 Å². The highest BCUT2D eigenvalue weighted by atomic mass is 35.5. The number of aliphatic hydroxyl groups is 1. The molecule has 6 heteroatoms. The standard InChI is InChI=1S/C17H18ClNO3S/c18-15-6-3-7-16(10-15)23(21,22)19-12-17(20)9-8-13-4-1-2-5-14(13)11-17/h1-7,10,19-20H,8-9,11-12H2. The Morgan fingerprint density at radius 2 is 1.87 bits per heavy atom. The predicted molar refractivity (Wildman–Crippen MR) is 90.1 cm³/mol. The molecule has 23 heavy (non-hydrogen) atoms. The van der Waals surface area contributed by atoms with E-state index in [1.54, 1.807) is 12.1 Å². The number of rotatable bonds is 4. The maximum atomic E-state index is 12.3. The fourth-order valence-electron chi connectivity index (χ4n) is 2.88. The number of aryl methyl sites for hydroxylation is 1. The van der Waals surface area contributed by atoms with E-state index in [-0.39, 0.29) is 11.4 Å². The molecule has 0 bridgehead atoms. The lowest BCUT2D eigenvalue weighted by Gasteiger charge is -2.33. The van der Waals surface area contributed by atoms with Crippen molar-refractivity contribution in [3.05, 3.63) is 64.7 Å². The van der Waals surface area contributed by atoms with Crippen molar-refractivity contribution in [1.29, 1.82) is 0 Å². The van der Waals surface area contributed by atoms with Gasteiger partial charge in [-0.25, -0.2) is 13.1 Å². The molecule has 0 saturated heterocycles. The monoisotopic (exact) mass is 351 g/mol. The van der Waals surface area contributed by atoms with E-state index in [2.05, 4.69) is 4.72 Å². The number of nitrogens with one attached hydrogen (secondary N) is 1. The van der Waals surface area contributed by atoms with Crippen molar-refractivity contribution in [3.8, 4) is 0 Å². The molecule has 1 unspecified atom stereocenters. The van der Waals surface area contributed by atoms with Crippen LogP contribution in [0.4, 0.5) is 0 Å². The van der Waals surface area contributed by atoms with Gasteiger partial charge in [-0.3, -0.25) is 0 Å². The van der Waals surface area contributed by atoms with Gasteiger partial charge < -0.3 is 5.11 Å². The van der Waals surface area contributed by atoms with Crippen molar-refractivity contribution in [2.75, 3.05) is 6.54 Å². The van der Waals surface area contributed by atoms with Gasteiger partial charge in [0.25, 0.3) is 0 Å². The van der Waals surface area contributed by atoms with Crippen LogP contribution >= 0.6 is 11.6 Å². The molecule has 0 saturated carbocycles. The highest BCUT2D eigenvalue weighted by Crippen LogP contribution is 2.28. The Bertz CT molecular complexity index is 822. The van der Waals surface area contributed by atoms with Gasteiger partial charge in [-0.2, -0.15) is 0 Å². The lowest BCUT2D eigenvalue weighted by atomic mass is 9.80. The van der Waals surface area contributed by atoms with E-state index in [0.29, 0.717) is 17.9 Å². The quantitative estimate of drug-likeness (QED) is 0.889. The van der Waals surface area contributed by atoms with Crippen molar-refractivity contribution in [3.63, 3.8) is 0 Å². The van der Waals surface area contributed by atoms with Crippen LogP contribution in [0.3, 0.4) is 0 Å². The van der Waals surface area contributed by atoms with Crippen molar-refractivity contribution in [1.82, 2.24) is 4.72 Å². The van der Waals surface area contributed by atoms with Gasteiger partial charge >= 0.3 is 0 Å². The van der Waals surface area contributed by atoms with E-state index in [1.807, 2.05) is 24.3 Å². The molecule has 122 valence electrons. The summed E-state index contributed by atoms with van der Waals surface area (Å²) in [6.07, 6.45) is 1.72. The maximum absolute atomic E-state index is 12.3. The van der Waals surface area contributed by atoms with Crippen LogP contribution in [0.15, 0.2) is 53.4 Å². The SMILES string of the molecule is O=S(=O)(NCC1(O)CCc2ccccc2C1)c1cccc(Cl)c1. The number of benzene rings is 2. The zero-order valence-corrected chi connectivity index (χ0v) is 14.1. The molecular weight excluding hydrogens is 334 g/mol. The minimum absolute atomic E-state index is 0.0177. The van der Waals surface area contributed by atoms with Crippen molar-refractivity contribution in [2.24, 2.45) is 0 Å². The maximum Gasteiger partial charge on any atom is 0.240 e. The average molecular weight is 352 g/mol. The molecule has 0 aliphatic heterocycles. The normalized spacial score (nSPS) is 21.0. The van der Waals surface area contributed by atoms with Crippen LogP contribution < -0.4 is 4.72 Å². The van der Waals surface area contributed by atoms with Crippen molar-refractivity contribution in [2.45, 2.75) is 29.8 Å². The van der Waals surface area contributed by atoms with E-state index < -0.39 is 15.6 Å². The first-order valence-electron chi connectivity index (χ1n) is 7.42. The molecule has 1 aliphatic carbocycles. The minimum atomic E-state index is -3.69. The Morgan fingerprint density at radius 1 is 1.13 bits per heavy atom. The lowest BCUT2D eigenvalue weighted by Crippen LogP contribution is -2.46.